The van der Waals surface area contributed by atoms with Gasteiger partial charge in [-0.1, -0.05) is 30.3 Å². The Morgan fingerprint density at radius 3 is 2.43 bits per heavy atom. The van der Waals surface area contributed by atoms with E-state index < -0.39 is 17.3 Å². The van der Waals surface area contributed by atoms with Gasteiger partial charge in [0, 0.05) is 0 Å². The van der Waals surface area contributed by atoms with Gasteiger partial charge in [0.15, 0.2) is 5.78 Å². The molecule has 0 aromatic heterocycles. The van der Waals surface area contributed by atoms with Crippen LogP contribution in [0.1, 0.15) is 10.9 Å². The molecule has 1 rings (SSSR count). The maximum atomic E-state index is 11.1. The number of aliphatic hydroxyl groups is 1. The number of carbonyl (C=O) groups excluding carboxylic acids is 1. The van der Waals surface area contributed by atoms with Crippen LogP contribution >= 0.6 is 23.2 Å². The fraction of sp³-hybridized carbons (Fsp3) is 0.300. The first-order chi connectivity index (χ1) is 6.66. The zero-order valence-corrected chi connectivity index (χ0v) is 8.87. The smallest absolute Gasteiger partial charge is 0.177 e. The Balaban J connectivity index is 2.75. The summed E-state index contributed by atoms with van der Waals surface area (Å²) in [5.41, 5.74) is 0.708. The second-order valence-corrected chi connectivity index (χ2v) is 3.59. The Bertz CT molecular complexity index is 300. The minimum Gasteiger partial charge on any atom is -0.383 e. The largest absolute Gasteiger partial charge is 0.383 e. The number of Topliss-reactive ketones (excluding diaryl/α,β-unsaturated/α-hetero) is 1. The van der Waals surface area contributed by atoms with Crippen LogP contribution in [0.3, 0.4) is 0 Å². The van der Waals surface area contributed by atoms with E-state index in [1.165, 1.54) is 0 Å². The standard InChI is InChI=1S/C10H10Cl2O2/c11-6-8(13)10(14)9(12)7-4-2-1-3-5-7/h1-5,9-10,14H,6H2. The predicted octanol–water partition coefficient (Wildman–Crippen LogP) is 2.14. The van der Waals surface area contributed by atoms with E-state index in [-0.39, 0.29) is 5.88 Å². The van der Waals surface area contributed by atoms with E-state index in [2.05, 4.69) is 0 Å². The summed E-state index contributed by atoms with van der Waals surface area (Å²) in [7, 11) is 0. The van der Waals surface area contributed by atoms with Crippen molar-refractivity contribution >= 4 is 29.0 Å². The SMILES string of the molecule is O=C(CCl)C(O)C(Cl)c1ccccc1. The zero-order valence-electron chi connectivity index (χ0n) is 7.36. The number of benzene rings is 1. The van der Waals surface area contributed by atoms with E-state index in [9.17, 15) is 9.90 Å². The highest BCUT2D eigenvalue weighted by molar-refractivity contribution is 6.30. The Morgan fingerprint density at radius 1 is 1.36 bits per heavy atom. The van der Waals surface area contributed by atoms with Gasteiger partial charge in [0.1, 0.15) is 6.10 Å². The van der Waals surface area contributed by atoms with Crippen LogP contribution in [0, 0.1) is 0 Å². The molecule has 2 nitrogen and oxygen atoms in total. The second-order valence-electron chi connectivity index (χ2n) is 2.86. The first-order valence-electron chi connectivity index (χ1n) is 4.12. The van der Waals surface area contributed by atoms with Crippen molar-refractivity contribution in [2.24, 2.45) is 0 Å². The number of hydrogen-bond donors (Lipinski definition) is 1. The van der Waals surface area contributed by atoms with E-state index in [0.717, 1.165) is 0 Å². The lowest BCUT2D eigenvalue weighted by Gasteiger charge is -2.14. The van der Waals surface area contributed by atoms with E-state index in [0.29, 0.717) is 5.56 Å². The van der Waals surface area contributed by atoms with Gasteiger partial charge in [-0.15, -0.1) is 23.2 Å². The molecule has 2 atom stereocenters. The third-order valence-electron chi connectivity index (χ3n) is 1.86. The van der Waals surface area contributed by atoms with Crippen LogP contribution in [0.25, 0.3) is 0 Å². The van der Waals surface area contributed by atoms with Crippen LogP contribution in [0.4, 0.5) is 0 Å². The average molecular weight is 233 g/mol. The maximum Gasteiger partial charge on any atom is 0.177 e. The monoisotopic (exact) mass is 232 g/mol. The number of carbonyl (C=O) groups is 1. The third-order valence-corrected chi connectivity index (χ3v) is 2.61. The molecule has 0 saturated carbocycles. The Labute approximate surface area is 92.5 Å². The average Bonchev–Trinajstić information content (AvgIpc) is 2.27. The van der Waals surface area contributed by atoms with Crippen LogP contribution in [0.2, 0.25) is 0 Å². The lowest BCUT2D eigenvalue weighted by molar-refractivity contribution is -0.124. The summed E-state index contributed by atoms with van der Waals surface area (Å²) in [6.45, 7) is 0. The zero-order chi connectivity index (χ0) is 10.6. The van der Waals surface area contributed by atoms with Crippen molar-refractivity contribution in [3.05, 3.63) is 35.9 Å². The normalized spacial score (nSPS) is 14.8. The van der Waals surface area contributed by atoms with Gasteiger partial charge in [0.05, 0.1) is 11.3 Å². The highest BCUT2D eigenvalue weighted by atomic mass is 35.5. The highest BCUT2D eigenvalue weighted by Gasteiger charge is 2.24. The number of rotatable bonds is 4. The van der Waals surface area contributed by atoms with Gasteiger partial charge in [-0.05, 0) is 5.56 Å². The highest BCUT2D eigenvalue weighted by Crippen LogP contribution is 2.24. The van der Waals surface area contributed by atoms with Crippen LogP contribution in [-0.2, 0) is 4.79 Å². The predicted molar refractivity (Wildman–Crippen MR) is 56.8 cm³/mol. The molecular weight excluding hydrogens is 223 g/mol. The van der Waals surface area contributed by atoms with Gasteiger partial charge in [0.2, 0.25) is 0 Å². The van der Waals surface area contributed by atoms with Gasteiger partial charge >= 0.3 is 0 Å². The van der Waals surface area contributed by atoms with Crippen molar-refractivity contribution in [1.29, 1.82) is 0 Å². The van der Waals surface area contributed by atoms with Crippen LogP contribution < -0.4 is 0 Å². The van der Waals surface area contributed by atoms with Crippen molar-refractivity contribution in [2.75, 3.05) is 5.88 Å². The van der Waals surface area contributed by atoms with Crippen LogP contribution in [-0.4, -0.2) is 22.9 Å². The molecule has 1 N–H and O–H groups in total. The summed E-state index contributed by atoms with van der Waals surface area (Å²) in [5.74, 6) is -0.687. The minimum atomic E-state index is -1.24. The number of ketones is 1. The molecule has 0 radical (unpaired) electrons. The van der Waals surface area contributed by atoms with Crippen LogP contribution in [0.15, 0.2) is 30.3 Å². The second kappa shape index (κ2) is 5.35. The molecule has 0 saturated heterocycles. The van der Waals surface area contributed by atoms with E-state index in [1.807, 2.05) is 6.07 Å². The summed E-state index contributed by atoms with van der Waals surface area (Å²) in [5, 5.41) is 8.74. The molecule has 0 aliphatic carbocycles. The van der Waals surface area contributed by atoms with Crippen molar-refractivity contribution in [1.82, 2.24) is 0 Å². The number of halogens is 2. The lowest BCUT2D eigenvalue weighted by Crippen LogP contribution is -2.26. The molecule has 0 aliphatic heterocycles. The van der Waals surface area contributed by atoms with E-state index in [1.54, 1.807) is 24.3 Å². The van der Waals surface area contributed by atoms with Crippen molar-refractivity contribution in [3.63, 3.8) is 0 Å². The first kappa shape index (κ1) is 11.5. The third kappa shape index (κ3) is 2.71. The lowest BCUT2D eigenvalue weighted by atomic mass is 10.1. The molecule has 2 unspecified atom stereocenters. The van der Waals surface area contributed by atoms with Gasteiger partial charge in [-0.3, -0.25) is 4.79 Å². The first-order valence-corrected chi connectivity index (χ1v) is 5.09. The molecule has 1 aromatic rings. The number of alkyl halides is 2. The van der Waals surface area contributed by atoms with Crippen LogP contribution in [0.5, 0.6) is 0 Å². The van der Waals surface area contributed by atoms with Gasteiger partial charge in [-0.2, -0.15) is 0 Å². The summed E-state index contributed by atoms with van der Waals surface area (Å²) >= 11 is 11.2. The molecule has 0 bridgehead atoms. The molecule has 0 spiro atoms. The molecule has 0 fully saturated rings. The molecule has 0 amide bonds. The molecule has 0 aliphatic rings. The Morgan fingerprint density at radius 2 is 1.93 bits per heavy atom. The molecular formula is C10H10Cl2O2. The quantitative estimate of drug-likeness (QED) is 0.809. The Kier molecular flexibility index (Phi) is 4.39. The van der Waals surface area contributed by atoms with E-state index in [4.69, 9.17) is 23.2 Å². The van der Waals surface area contributed by atoms with E-state index >= 15 is 0 Å². The molecule has 1 aromatic carbocycles. The number of hydrogen-bond acceptors (Lipinski definition) is 2. The van der Waals surface area contributed by atoms with Crippen molar-refractivity contribution in [3.8, 4) is 0 Å². The molecule has 0 heterocycles. The van der Waals surface area contributed by atoms with Gasteiger partial charge in [0.25, 0.3) is 0 Å². The summed E-state index contributed by atoms with van der Waals surface area (Å²) in [6.07, 6.45) is -1.24. The number of aliphatic hydroxyl groups excluding tert-OH is 1. The van der Waals surface area contributed by atoms with Crippen molar-refractivity contribution in [2.45, 2.75) is 11.5 Å². The maximum absolute atomic E-state index is 11.1. The summed E-state index contributed by atoms with van der Waals surface area (Å²) < 4.78 is 0. The summed E-state index contributed by atoms with van der Waals surface area (Å²) in [6, 6.07) is 8.93. The summed E-state index contributed by atoms with van der Waals surface area (Å²) in [4.78, 5) is 11.1. The fourth-order valence-corrected chi connectivity index (χ4v) is 1.51. The molecule has 76 valence electrons. The fourth-order valence-electron chi connectivity index (χ4n) is 1.06. The van der Waals surface area contributed by atoms with Gasteiger partial charge < -0.3 is 5.11 Å². The van der Waals surface area contributed by atoms with Gasteiger partial charge in [-0.25, -0.2) is 0 Å². The topological polar surface area (TPSA) is 37.3 Å². The minimum absolute atomic E-state index is 0.225. The van der Waals surface area contributed by atoms with Crippen molar-refractivity contribution < 1.29 is 9.90 Å². The Hall–Kier alpha value is -0.570. The molecule has 4 heteroatoms. The molecule has 14 heavy (non-hydrogen) atoms.